The van der Waals surface area contributed by atoms with Crippen LogP contribution >= 0.6 is 0 Å². The molecule has 1 saturated carbocycles. The predicted octanol–water partition coefficient (Wildman–Crippen LogP) is 0.669. The van der Waals surface area contributed by atoms with Crippen molar-refractivity contribution in [1.29, 1.82) is 0 Å². The maximum Gasteiger partial charge on any atom is 0.254 e. The van der Waals surface area contributed by atoms with Crippen LogP contribution < -0.4 is 16.0 Å². The molecule has 158 valence electrons. The molecule has 0 aromatic carbocycles. The standard InChI is InChI=1S/C20H20N8O3/c29-15(14-3-1-2-6-21-14)10-22-19-26-17-12(7-11-8-16(30)25-18(11)31)9-23-28(17)20(27-19)24-13-4-5-13/h1-3,6-7,9,13,15,29H,4-5,8,10H2,(H,25,30,31)(H2,22,24,26,27)/b11-7+. The number of anilines is 2. The lowest BCUT2D eigenvalue weighted by atomic mass is 10.1. The molecule has 1 aliphatic heterocycles. The Kier molecular flexibility index (Phi) is 4.79. The summed E-state index contributed by atoms with van der Waals surface area (Å²) in [5.41, 5.74) is 1.97. The number of hydrogen-bond acceptors (Lipinski definition) is 9. The van der Waals surface area contributed by atoms with Gasteiger partial charge in [0.15, 0.2) is 5.65 Å². The van der Waals surface area contributed by atoms with E-state index in [0.29, 0.717) is 40.4 Å². The van der Waals surface area contributed by atoms with Crippen LogP contribution in [0.3, 0.4) is 0 Å². The van der Waals surface area contributed by atoms with Crippen LogP contribution in [0.25, 0.3) is 11.7 Å². The fourth-order valence-corrected chi connectivity index (χ4v) is 3.25. The monoisotopic (exact) mass is 420 g/mol. The maximum absolute atomic E-state index is 11.9. The van der Waals surface area contributed by atoms with Crippen molar-refractivity contribution >= 4 is 35.4 Å². The van der Waals surface area contributed by atoms with Gasteiger partial charge in [0.05, 0.1) is 18.3 Å². The highest BCUT2D eigenvalue weighted by atomic mass is 16.3. The third-order valence-corrected chi connectivity index (χ3v) is 5.01. The average Bonchev–Trinajstić information content (AvgIpc) is 3.41. The zero-order chi connectivity index (χ0) is 21.4. The maximum atomic E-state index is 11.9. The van der Waals surface area contributed by atoms with E-state index in [-0.39, 0.29) is 18.9 Å². The van der Waals surface area contributed by atoms with Crippen molar-refractivity contribution in [2.75, 3.05) is 17.2 Å². The van der Waals surface area contributed by atoms with Gasteiger partial charge in [-0.3, -0.25) is 19.9 Å². The molecular formula is C20H20N8O3. The van der Waals surface area contributed by atoms with Crippen molar-refractivity contribution in [3.8, 4) is 0 Å². The lowest BCUT2D eigenvalue weighted by molar-refractivity contribution is -0.124. The summed E-state index contributed by atoms with van der Waals surface area (Å²) in [6.45, 7) is 0.164. The van der Waals surface area contributed by atoms with E-state index in [1.165, 1.54) is 0 Å². The highest BCUT2D eigenvalue weighted by molar-refractivity contribution is 6.15. The number of imide groups is 1. The first-order valence-electron chi connectivity index (χ1n) is 9.97. The van der Waals surface area contributed by atoms with Crippen LogP contribution in [0.15, 0.2) is 36.2 Å². The Morgan fingerprint density at radius 2 is 2.16 bits per heavy atom. The van der Waals surface area contributed by atoms with Crippen LogP contribution in [0, 0.1) is 0 Å². The SMILES string of the molecule is O=C1C/C(=C\c2cnn3c(NC4CC4)nc(NCC(O)c4ccccn4)nc23)C(=O)N1. The van der Waals surface area contributed by atoms with Gasteiger partial charge in [0.25, 0.3) is 5.91 Å². The molecule has 1 atom stereocenters. The Balaban J connectivity index is 1.46. The Hall–Kier alpha value is -3.86. The Morgan fingerprint density at radius 1 is 1.29 bits per heavy atom. The second-order valence-electron chi connectivity index (χ2n) is 7.50. The van der Waals surface area contributed by atoms with Crippen molar-refractivity contribution in [3.05, 3.63) is 47.4 Å². The number of carbonyl (C=O) groups excluding carboxylic acids is 2. The van der Waals surface area contributed by atoms with Gasteiger partial charge < -0.3 is 15.7 Å². The van der Waals surface area contributed by atoms with E-state index in [1.54, 1.807) is 35.1 Å². The van der Waals surface area contributed by atoms with Gasteiger partial charge in [0.2, 0.25) is 17.8 Å². The number of hydrogen-bond donors (Lipinski definition) is 4. The summed E-state index contributed by atoms with van der Waals surface area (Å²) in [7, 11) is 0. The lowest BCUT2D eigenvalue weighted by Crippen LogP contribution is -2.19. The van der Waals surface area contributed by atoms with Crippen LogP contribution in [-0.2, 0) is 9.59 Å². The third-order valence-electron chi connectivity index (χ3n) is 5.01. The molecule has 0 bridgehead atoms. The third kappa shape index (κ3) is 4.08. The molecule has 3 aromatic rings. The van der Waals surface area contributed by atoms with Gasteiger partial charge in [0, 0.05) is 29.9 Å². The Morgan fingerprint density at radius 3 is 2.87 bits per heavy atom. The first kappa shape index (κ1) is 19.1. The molecule has 3 aromatic heterocycles. The number of rotatable bonds is 7. The molecule has 2 amide bonds. The van der Waals surface area contributed by atoms with E-state index in [1.807, 2.05) is 6.07 Å². The van der Waals surface area contributed by atoms with Gasteiger partial charge in [0.1, 0.15) is 6.10 Å². The quantitative estimate of drug-likeness (QED) is 0.320. The van der Waals surface area contributed by atoms with Crippen LogP contribution in [-0.4, -0.2) is 54.1 Å². The number of aliphatic hydroxyl groups is 1. The van der Waals surface area contributed by atoms with Crippen LogP contribution in [0.4, 0.5) is 11.9 Å². The molecule has 4 heterocycles. The average molecular weight is 420 g/mol. The van der Waals surface area contributed by atoms with Gasteiger partial charge in [-0.05, 0) is 31.1 Å². The van der Waals surface area contributed by atoms with Gasteiger partial charge in [-0.15, -0.1) is 0 Å². The van der Waals surface area contributed by atoms with E-state index in [4.69, 9.17) is 0 Å². The number of nitrogens with one attached hydrogen (secondary N) is 3. The van der Waals surface area contributed by atoms with Gasteiger partial charge in [-0.1, -0.05) is 6.07 Å². The first-order chi connectivity index (χ1) is 15.1. The van der Waals surface area contributed by atoms with E-state index in [9.17, 15) is 14.7 Å². The molecule has 1 unspecified atom stereocenters. The number of nitrogens with zero attached hydrogens (tertiary/aromatic N) is 5. The lowest BCUT2D eigenvalue weighted by Gasteiger charge is -2.13. The minimum atomic E-state index is -0.833. The van der Waals surface area contributed by atoms with Crippen molar-refractivity contribution < 1.29 is 14.7 Å². The highest BCUT2D eigenvalue weighted by Crippen LogP contribution is 2.26. The summed E-state index contributed by atoms with van der Waals surface area (Å²) in [6, 6.07) is 5.66. The van der Waals surface area contributed by atoms with Crippen LogP contribution in [0.5, 0.6) is 0 Å². The van der Waals surface area contributed by atoms with E-state index in [0.717, 1.165) is 12.8 Å². The summed E-state index contributed by atoms with van der Waals surface area (Å²) in [4.78, 5) is 36.6. The summed E-state index contributed by atoms with van der Waals surface area (Å²) in [5, 5.41) is 23.4. The van der Waals surface area contributed by atoms with Gasteiger partial charge in [-0.25, -0.2) is 0 Å². The van der Waals surface area contributed by atoms with E-state index < -0.39 is 12.0 Å². The summed E-state index contributed by atoms with van der Waals surface area (Å²) in [6.07, 6.45) is 6.10. The van der Waals surface area contributed by atoms with Crippen molar-refractivity contribution in [2.45, 2.75) is 31.4 Å². The number of aliphatic hydroxyl groups excluding tert-OH is 1. The number of pyridine rings is 1. The van der Waals surface area contributed by atoms with E-state index in [2.05, 4.69) is 36.0 Å². The normalized spacial score (nSPS) is 18.4. The second-order valence-corrected chi connectivity index (χ2v) is 7.50. The molecule has 1 aliphatic carbocycles. The van der Waals surface area contributed by atoms with Gasteiger partial charge >= 0.3 is 0 Å². The molecule has 31 heavy (non-hydrogen) atoms. The first-order valence-corrected chi connectivity index (χ1v) is 9.97. The largest absolute Gasteiger partial charge is 0.385 e. The molecule has 11 nitrogen and oxygen atoms in total. The van der Waals surface area contributed by atoms with Crippen LogP contribution in [0.2, 0.25) is 0 Å². The topological polar surface area (TPSA) is 146 Å². The number of fused-ring (bicyclic) bond motifs is 1. The molecule has 2 aliphatic rings. The Bertz CT molecular complexity index is 1190. The molecule has 2 fully saturated rings. The minimum absolute atomic E-state index is 0.0236. The fourth-order valence-electron chi connectivity index (χ4n) is 3.25. The number of aromatic nitrogens is 5. The second kappa shape index (κ2) is 7.76. The van der Waals surface area contributed by atoms with Gasteiger partial charge in [-0.2, -0.15) is 19.6 Å². The summed E-state index contributed by atoms with van der Waals surface area (Å²) >= 11 is 0. The van der Waals surface area contributed by atoms with Crippen molar-refractivity contribution in [1.82, 2.24) is 29.9 Å². The number of amides is 2. The van der Waals surface area contributed by atoms with Crippen molar-refractivity contribution in [2.24, 2.45) is 0 Å². The fraction of sp³-hybridized carbons (Fsp3) is 0.300. The minimum Gasteiger partial charge on any atom is -0.385 e. The van der Waals surface area contributed by atoms with Crippen molar-refractivity contribution in [3.63, 3.8) is 0 Å². The Labute approximate surface area is 176 Å². The molecule has 11 heteroatoms. The predicted molar refractivity (Wildman–Crippen MR) is 111 cm³/mol. The molecule has 0 radical (unpaired) electrons. The zero-order valence-electron chi connectivity index (χ0n) is 16.4. The molecule has 5 rings (SSSR count). The molecule has 1 saturated heterocycles. The van der Waals surface area contributed by atoms with Crippen LogP contribution in [0.1, 0.15) is 36.6 Å². The molecular weight excluding hydrogens is 400 g/mol. The molecule has 0 spiro atoms. The smallest absolute Gasteiger partial charge is 0.254 e. The summed E-state index contributed by atoms with van der Waals surface area (Å²) in [5.74, 6) is 0.0764. The van der Waals surface area contributed by atoms with E-state index >= 15 is 0 Å². The summed E-state index contributed by atoms with van der Waals surface area (Å²) < 4.78 is 1.57. The zero-order valence-corrected chi connectivity index (χ0v) is 16.4. The molecule has 4 N–H and O–H groups in total. The number of carbonyl (C=O) groups is 2. The highest BCUT2D eigenvalue weighted by Gasteiger charge is 2.26.